The van der Waals surface area contributed by atoms with E-state index in [1.807, 2.05) is 37.3 Å². The van der Waals surface area contributed by atoms with Crippen molar-refractivity contribution in [3.8, 4) is 16.9 Å². The molecule has 2 N–H and O–H groups in total. The lowest BCUT2D eigenvalue weighted by molar-refractivity contribution is 0.414. The maximum Gasteiger partial charge on any atom is 0.119 e. The Morgan fingerprint density at radius 1 is 1.16 bits per heavy atom. The molecule has 1 atom stereocenters. The quantitative estimate of drug-likeness (QED) is 0.904. The zero-order chi connectivity index (χ0) is 14.0. The summed E-state index contributed by atoms with van der Waals surface area (Å²) in [5.74, 6) is 0.861. The van der Waals surface area contributed by atoms with Gasteiger partial charge in [-0.25, -0.2) is 0 Å². The second-order valence-corrected chi connectivity index (χ2v) is 5.11. The molecule has 2 rings (SSSR count). The molecule has 0 fully saturated rings. The number of ether oxygens (including phenoxy) is 1. The molecule has 0 amide bonds. The fraction of sp³-hybridized carbons (Fsp3) is 0.250. The van der Waals surface area contributed by atoms with Gasteiger partial charge in [-0.1, -0.05) is 29.8 Å². The Balaban J connectivity index is 2.45. The molecule has 0 bridgehead atoms. The van der Waals surface area contributed by atoms with Gasteiger partial charge in [0.2, 0.25) is 0 Å². The van der Waals surface area contributed by atoms with E-state index in [1.165, 1.54) is 0 Å². The Hall–Kier alpha value is -1.51. The first kappa shape index (κ1) is 13.9. The number of rotatable bonds is 3. The van der Waals surface area contributed by atoms with Crippen LogP contribution in [-0.2, 0) is 0 Å². The molecule has 0 spiro atoms. The highest BCUT2D eigenvalue weighted by molar-refractivity contribution is 6.31. The van der Waals surface area contributed by atoms with Gasteiger partial charge in [-0.2, -0.15) is 0 Å². The van der Waals surface area contributed by atoms with Crippen molar-refractivity contribution in [2.75, 3.05) is 7.11 Å². The Morgan fingerprint density at radius 3 is 2.42 bits per heavy atom. The highest BCUT2D eigenvalue weighted by Crippen LogP contribution is 2.31. The van der Waals surface area contributed by atoms with E-state index in [4.69, 9.17) is 22.1 Å². The van der Waals surface area contributed by atoms with E-state index in [9.17, 15) is 0 Å². The van der Waals surface area contributed by atoms with Crippen molar-refractivity contribution in [2.45, 2.75) is 19.9 Å². The molecule has 3 heteroatoms. The molecule has 100 valence electrons. The number of methoxy groups -OCH3 is 1. The molecule has 0 saturated heterocycles. The van der Waals surface area contributed by atoms with Crippen molar-refractivity contribution < 1.29 is 4.74 Å². The minimum Gasteiger partial charge on any atom is -0.497 e. The molecule has 0 aliphatic rings. The topological polar surface area (TPSA) is 35.2 Å². The molecule has 2 nitrogen and oxygen atoms in total. The highest BCUT2D eigenvalue weighted by atomic mass is 35.5. The van der Waals surface area contributed by atoms with Gasteiger partial charge in [0.15, 0.2) is 0 Å². The monoisotopic (exact) mass is 275 g/mol. The number of hydrogen-bond acceptors (Lipinski definition) is 2. The third kappa shape index (κ3) is 2.91. The van der Waals surface area contributed by atoms with Gasteiger partial charge < -0.3 is 10.5 Å². The summed E-state index contributed by atoms with van der Waals surface area (Å²) in [6, 6.07) is 12.0. The van der Waals surface area contributed by atoms with Crippen LogP contribution in [0.1, 0.15) is 24.1 Å². The molecular formula is C16H18ClNO. The average molecular weight is 276 g/mol. The van der Waals surface area contributed by atoms with Crippen LogP contribution in [0.2, 0.25) is 5.02 Å². The molecule has 0 aliphatic heterocycles. The van der Waals surface area contributed by atoms with Crippen LogP contribution < -0.4 is 10.5 Å². The van der Waals surface area contributed by atoms with Gasteiger partial charge in [-0.3, -0.25) is 0 Å². The zero-order valence-corrected chi connectivity index (χ0v) is 12.2. The largest absolute Gasteiger partial charge is 0.497 e. The fourth-order valence-corrected chi connectivity index (χ4v) is 2.50. The van der Waals surface area contributed by atoms with Crippen LogP contribution in [-0.4, -0.2) is 7.11 Å². The van der Waals surface area contributed by atoms with E-state index >= 15 is 0 Å². The van der Waals surface area contributed by atoms with E-state index in [0.717, 1.165) is 28.0 Å². The van der Waals surface area contributed by atoms with E-state index in [-0.39, 0.29) is 6.04 Å². The predicted molar refractivity (Wildman–Crippen MR) is 80.8 cm³/mol. The molecule has 0 saturated carbocycles. The summed E-state index contributed by atoms with van der Waals surface area (Å²) >= 11 is 6.28. The summed E-state index contributed by atoms with van der Waals surface area (Å²) in [7, 11) is 1.67. The van der Waals surface area contributed by atoms with Crippen LogP contribution in [0.4, 0.5) is 0 Å². The minimum atomic E-state index is -0.0569. The van der Waals surface area contributed by atoms with Crippen LogP contribution in [0.15, 0.2) is 36.4 Å². The normalized spacial score (nSPS) is 12.3. The molecule has 0 aliphatic carbocycles. The third-order valence-electron chi connectivity index (χ3n) is 3.24. The third-order valence-corrected chi connectivity index (χ3v) is 3.56. The van der Waals surface area contributed by atoms with Gasteiger partial charge in [0.25, 0.3) is 0 Å². The number of aryl methyl sites for hydroxylation is 1. The molecule has 2 aromatic rings. The van der Waals surface area contributed by atoms with Gasteiger partial charge in [-0.15, -0.1) is 0 Å². The van der Waals surface area contributed by atoms with Crippen molar-refractivity contribution in [2.24, 2.45) is 5.73 Å². The standard InChI is InChI=1S/C16H18ClNO/c1-10-8-13(19-3)5-7-14(10)12-4-6-15(11(2)18)16(17)9-12/h4-9,11H,18H2,1-3H3. The summed E-state index contributed by atoms with van der Waals surface area (Å²) in [5.41, 5.74) is 10.2. The van der Waals surface area contributed by atoms with Crippen molar-refractivity contribution in [1.82, 2.24) is 0 Å². The lowest BCUT2D eigenvalue weighted by atomic mass is 9.98. The van der Waals surface area contributed by atoms with E-state index in [0.29, 0.717) is 5.02 Å². The summed E-state index contributed by atoms with van der Waals surface area (Å²) in [6.07, 6.45) is 0. The first-order valence-corrected chi connectivity index (χ1v) is 6.60. The molecule has 2 aromatic carbocycles. The zero-order valence-electron chi connectivity index (χ0n) is 11.4. The van der Waals surface area contributed by atoms with Crippen LogP contribution in [0.5, 0.6) is 5.75 Å². The SMILES string of the molecule is COc1ccc(-c2ccc(C(C)N)c(Cl)c2)c(C)c1. The van der Waals surface area contributed by atoms with E-state index < -0.39 is 0 Å². The summed E-state index contributed by atoms with van der Waals surface area (Å²) in [5, 5.41) is 0.711. The molecular weight excluding hydrogens is 258 g/mol. The van der Waals surface area contributed by atoms with Gasteiger partial charge in [0.1, 0.15) is 5.75 Å². The predicted octanol–water partition coefficient (Wildman–Crippen LogP) is 4.34. The Bertz CT molecular complexity index is 593. The summed E-state index contributed by atoms with van der Waals surface area (Å²) < 4.78 is 5.22. The van der Waals surface area contributed by atoms with Crippen LogP contribution in [0, 0.1) is 6.92 Å². The number of hydrogen-bond donors (Lipinski definition) is 1. The second-order valence-electron chi connectivity index (χ2n) is 4.71. The lowest BCUT2D eigenvalue weighted by Gasteiger charge is -2.12. The Kier molecular flexibility index (Phi) is 4.13. The lowest BCUT2D eigenvalue weighted by Crippen LogP contribution is -2.05. The van der Waals surface area contributed by atoms with Gasteiger partial charge in [0.05, 0.1) is 7.11 Å². The smallest absolute Gasteiger partial charge is 0.119 e. The maximum absolute atomic E-state index is 6.28. The Labute approximate surface area is 119 Å². The number of nitrogens with two attached hydrogens (primary N) is 1. The summed E-state index contributed by atoms with van der Waals surface area (Å²) in [4.78, 5) is 0. The molecule has 1 unspecified atom stereocenters. The molecule has 0 heterocycles. The molecule has 19 heavy (non-hydrogen) atoms. The van der Waals surface area contributed by atoms with Crippen LogP contribution in [0.25, 0.3) is 11.1 Å². The first-order valence-electron chi connectivity index (χ1n) is 6.23. The fourth-order valence-electron chi connectivity index (χ4n) is 2.15. The van der Waals surface area contributed by atoms with Crippen molar-refractivity contribution >= 4 is 11.6 Å². The van der Waals surface area contributed by atoms with Gasteiger partial charge >= 0.3 is 0 Å². The van der Waals surface area contributed by atoms with Crippen LogP contribution >= 0.6 is 11.6 Å². The van der Waals surface area contributed by atoms with Crippen LogP contribution in [0.3, 0.4) is 0 Å². The molecule has 0 aromatic heterocycles. The number of benzene rings is 2. The minimum absolute atomic E-state index is 0.0569. The maximum atomic E-state index is 6.28. The average Bonchev–Trinajstić information content (AvgIpc) is 2.37. The van der Waals surface area contributed by atoms with Crippen molar-refractivity contribution in [1.29, 1.82) is 0 Å². The van der Waals surface area contributed by atoms with E-state index in [1.54, 1.807) is 7.11 Å². The number of halogens is 1. The van der Waals surface area contributed by atoms with Gasteiger partial charge in [0, 0.05) is 11.1 Å². The Morgan fingerprint density at radius 2 is 1.89 bits per heavy atom. The molecule has 0 radical (unpaired) electrons. The summed E-state index contributed by atoms with van der Waals surface area (Å²) in [6.45, 7) is 3.99. The van der Waals surface area contributed by atoms with Gasteiger partial charge in [-0.05, 0) is 54.3 Å². The second kappa shape index (κ2) is 5.64. The first-order chi connectivity index (χ1) is 9.02. The van der Waals surface area contributed by atoms with Crippen molar-refractivity contribution in [3.05, 3.63) is 52.5 Å². The highest BCUT2D eigenvalue weighted by Gasteiger charge is 2.09. The van der Waals surface area contributed by atoms with E-state index in [2.05, 4.69) is 13.0 Å². The van der Waals surface area contributed by atoms with Crippen molar-refractivity contribution in [3.63, 3.8) is 0 Å².